The minimum absolute atomic E-state index is 1.28. The maximum absolute atomic E-state index is 6.98. The Bertz CT molecular complexity index is 251. The number of thiophene rings is 1. The van der Waals surface area contributed by atoms with Gasteiger partial charge in [0.1, 0.15) is 0 Å². The Labute approximate surface area is 106 Å². The van der Waals surface area contributed by atoms with Crippen LogP contribution in [0.1, 0.15) is 39.5 Å². The molecule has 0 radical (unpaired) electrons. The van der Waals surface area contributed by atoms with Gasteiger partial charge in [-0.05, 0) is 0 Å². The molecule has 3 heteroatoms. The average molecular weight is 352 g/mol. The van der Waals surface area contributed by atoms with Gasteiger partial charge in [-0.1, -0.05) is 0 Å². The van der Waals surface area contributed by atoms with Crippen molar-refractivity contribution in [2.24, 2.45) is 0 Å². The molecule has 1 aromatic heterocycles. The molecule has 0 spiro atoms. The molecule has 0 nitrogen and oxygen atoms in total. The van der Waals surface area contributed by atoms with Crippen LogP contribution in [0.15, 0.2) is 17.5 Å². The van der Waals surface area contributed by atoms with E-state index in [2.05, 4.69) is 31.4 Å². The van der Waals surface area contributed by atoms with Gasteiger partial charge in [0.2, 0.25) is 0 Å². The third-order valence-electron chi connectivity index (χ3n) is 2.82. The summed E-state index contributed by atoms with van der Waals surface area (Å²) >= 11 is -0.522. The maximum atomic E-state index is 6.98. The average Bonchev–Trinajstić information content (AvgIpc) is 2.77. The fourth-order valence-electron chi connectivity index (χ4n) is 1.82. The molecule has 1 aromatic rings. The van der Waals surface area contributed by atoms with E-state index in [9.17, 15) is 0 Å². The van der Waals surface area contributed by atoms with Gasteiger partial charge >= 0.3 is 106 Å². The Kier molecular flexibility index (Phi) is 6.63. The number of hydrogen-bond acceptors (Lipinski definition) is 1. The first kappa shape index (κ1) is 13.9. The van der Waals surface area contributed by atoms with Crippen LogP contribution < -0.4 is 2.89 Å². The van der Waals surface area contributed by atoms with E-state index < -0.39 is 17.3 Å². The molecule has 0 amide bonds. The number of halogens is 1. The zero-order chi connectivity index (χ0) is 11.1. The van der Waals surface area contributed by atoms with Crippen LogP contribution in [0.4, 0.5) is 0 Å². The Morgan fingerprint density at radius 1 is 1.20 bits per heavy atom. The summed E-state index contributed by atoms with van der Waals surface area (Å²) in [5, 5.41) is 2.18. The summed E-state index contributed by atoms with van der Waals surface area (Å²) in [6.07, 6.45) is 5.20. The SMILES string of the molecule is CCC[CH2][Sn]([Cl])([CH2]CCC)[c]1cccs1. The van der Waals surface area contributed by atoms with E-state index in [1.54, 1.807) is 2.89 Å². The van der Waals surface area contributed by atoms with Crippen LogP contribution in [0.2, 0.25) is 8.87 Å². The molecule has 0 unspecified atom stereocenters. The molecule has 0 atom stereocenters. The second kappa shape index (κ2) is 7.18. The summed E-state index contributed by atoms with van der Waals surface area (Å²) in [6, 6.07) is 4.44. The first-order valence-corrected chi connectivity index (χ1v) is 15.9. The van der Waals surface area contributed by atoms with Crippen molar-refractivity contribution in [3.8, 4) is 0 Å². The van der Waals surface area contributed by atoms with Gasteiger partial charge in [-0.15, -0.1) is 0 Å². The Morgan fingerprint density at radius 3 is 2.20 bits per heavy atom. The molecule has 0 aliphatic carbocycles. The van der Waals surface area contributed by atoms with Crippen molar-refractivity contribution in [3.63, 3.8) is 0 Å². The molecule has 0 aliphatic rings. The summed E-state index contributed by atoms with van der Waals surface area (Å²) in [4.78, 5) is 0. The Hall–Kier alpha value is 0.789. The van der Waals surface area contributed by atoms with Crippen LogP contribution in [0.5, 0.6) is 0 Å². The molecule has 1 heterocycles. The second-order valence-corrected chi connectivity index (χ2v) is 20.9. The topological polar surface area (TPSA) is 0 Å². The standard InChI is InChI=1S/C4H3S.2C4H9.ClH.Sn/c1-2-4-5-3-1;2*1-3-4-2;;/h1-3H;2*1,3-4H2,2H3;1H;/q;;;;+1/p-1. The normalized spacial score (nSPS) is 11.9. The predicted octanol–water partition coefficient (Wildman–Crippen LogP) is 4.74. The van der Waals surface area contributed by atoms with Crippen LogP contribution in [0.25, 0.3) is 0 Å². The molecular weight excluding hydrogens is 330 g/mol. The Balaban J connectivity index is 2.67. The zero-order valence-corrected chi connectivity index (χ0v) is 14.2. The molecule has 1 rings (SSSR count). The summed E-state index contributed by atoms with van der Waals surface area (Å²) in [5.41, 5.74) is 0. The first-order chi connectivity index (χ1) is 7.23. The van der Waals surface area contributed by atoms with Gasteiger partial charge in [-0.3, -0.25) is 0 Å². The van der Waals surface area contributed by atoms with Crippen LogP contribution in [-0.2, 0) is 0 Å². The van der Waals surface area contributed by atoms with Gasteiger partial charge in [-0.25, -0.2) is 0 Å². The minimum atomic E-state index is -2.41. The molecule has 0 bridgehead atoms. The van der Waals surface area contributed by atoms with Crippen molar-refractivity contribution in [1.82, 2.24) is 0 Å². The third-order valence-corrected chi connectivity index (χ3v) is 21.3. The molecule has 0 fully saturated rings. The fraction of sp³-hybridized carbons (Fsp3) is 0.667. The van der Waals surface area contributed by atoms with Crippen molar-refractivity contribution in [1.29, 1.82) is 0 Å². The summed E-state index contributed by atoms with van der Waals surface area (Å²) in [6.45, 7) is 4.52. The van der Waals surface area contributed by atoms with Crippen LogP contribution in [-0.4, -0.2) is 17.3 Å². The van der Waals surface area contributed by atoms with Gasteiger partial charge in [0.05, 0.1) is 0 Å². The summed E-state index contributed by atoms with van der Waals surface area (Å²) < 4.78 is 4.22. The molecule has 0 N–H and O–H groups in total. The fourth-order valence-corrected chi connectivity index (χ4v) is 17.8. The number of rotatable bonds is 7. The summed E-state index contributed by atoms with van der Waals surface area (Å²) in [5.74, 6) is 0. The van der Waals surface area contributed by atoms with Crippen molar-refractivity contribution in [2.75, 3.05) is 0 Å². The van der Waals surface area contributed by atoms with E-state index in [-0.39, 0.29) is 0 Å². The first-order valence-electron chi connectivity index (χ1n) is 5.96. The van der Waals surface area contributed by atoms with Crippen LogP contribution in [0.3, 0.4) is 0 Å². The monoisotopic (exact) mass is 352 g/mol. The zero-order valence-electron chi connectivity index (χ0n) is 9.76. The predicted molar refractivity (Wildman–Crippen MR) is 75.0 cm³/mol. The van der Waals surface area contributed by atoms with E-state index in [0.717, 1.165) is 0 Å². The van der Waals surface area contributed by atoms with Crippen LogP contribution >= 0.6 is 20.3 Å². The molecule has 0 saturated carbocycles. The molecule has 0 aromatic carbocycles. The van der Waals surface area contributed by atoms with Crippen molar-refractivity contribution in [3.05, 3.63) is 17.5 Å². The van der Waals surface area contributed by atoms with Crippen molar-refractivity contribution in [2.45, 2.75) is 48.4 Å². The molecule has 86 valence electrons. The third kappa shape index (κ3) is 4.27. The van der Waals surface area contributed by atoms with E-state index in [1.165, 1.54) is 34.6 Å². The van der Waals surface area contributed by atoms with E-state index in [4.69, 9.17) is 8.92 Å². The Morgan fingerprint density at radius 2 is 1.80 bits per heavy atom. The van der Waals surface area contributed by atoms with E-state index in [0.29, 0.717) is 0 Å². The number of hydrogen-bond donors (Lipinski definition) is 0. The van der Waals surface area contributed by atoms with E-state index >= 15 is 0 Å². The van der Waals surface area contributed by atoms with Gasteiger partial charge in [0.25, 0.3) is 0 Å². The van der Waals surface area contributed by atoms with Crippen molar-refractivity contribution < 1.29 is 0 Å². The molecule has 0 saturated heterocycles. The van der Waals surface area contributed by atoms with Crippen LogP contribution in [0, 0.1) is 0 Å². The van der Waals surface area contributed by atoms with Gasteiger partial charge in [-0.2, -0.15) is 0 Å². The van der Waals surface area contributed by atoms with Gasteiger partial charge in [0, 0.05) is 0 Å². The van der Waals surface area contributed by atoms with Gasteiger partial charge in [0.15, 0.2) is 0 Å². The van der Waals surface area contributed by atoms with Crippen molar-refractivity contribution >= 4 is 40.4 Å². The second-order valence-electron chi connectivity index (χ2n) is 4.15. The van der Waals surface area contributed by atoms with Gasteiger partial charge < -0.3 is 0 Å². The van der Waals surface area contributed by atoms with E-state index in [1.807, 2.05) is 11.3 Å². The molecule has 0 aliphatic heterocycles. The molecular formula is C12H21ClSSn. The quantitative estimate of drug-likeness (QED) is 0.623. The molecule has 15 heavy (non-hydrogen) atoms. The number of unbranched alkanes of at least 4 members (excludes halogenated alkanes) is 2. The summed E-state index contributed by atoms with van der Waals surface area (Å²) in [7, 11) is 6.98.